The Kier molecular flexibility index (Phi) is 5.74. The summed E-state index contributed by atoms with van der Waals surface area (Å²) in [7, 11) is 0. The molecule has 1 amide bonds. The lowest BCUT2D eigenvalue weighted by molar-refractivity contribution is 0.0999. The first-order valence-corrected chi connectivity index (χ1v) is 14.2. The maximum Gasteiger partial charge on any atom is 0.420 e. The first-order chi connectivity index (χ1) is 21.3. The van der Waals surface area contributed by atoms with E-state index in [4.69, 9.17) is 20.2 Å². The van der Waals surface area contributed by atoms with Crippen LogP contribution in [-0.4, -0.2) is 40.2 Å². The summed E-state index contributed by atoms with van der Waals surface area (Å²) >= 11 is 0. The average Bonchev–Trinajstić information content (AvgIpc) is 3.93. The summed E-state index contributed by atoms with van der Waals surface area (Å²) in [5.74, 6) is -1.61. The van der Waals surface area contributed by atoms with Crippen molar-refractivity contribution in [3.05, 3.63) is 100 Å². The summed E-state index contributed by atoms with van der Waals surface area (Å²) in [5.41, 5.74) is 9.47. The molecule has 13 heteroatoms. The number of carbonyl (C=O) groups excluding carboxylic acids is 1. The molecule has 2 aliphatic rings. The van der Waals surface area contributed by atoms with Crippen molar-refractivity contribution < 1.29 is 18.0 Å². The summed E-state index contributed by atoms with van der Waals surface area (Å²) < 4.78 is 35.8. The number of rotatable bonds is 8. The Morgan fingerprint density at radius 1 is 1.02 bits per heavy atom. The van der Waals surface area contributed by atoms with Gasteiger partial charge in [0.1, 0.15) is 17.2 Å². The summed E-state index contributed by atoms with van der Waals surface area (Å²) in [5, 5.41) is 5.34. The number of hydrogen-bond donors (Lipinski definition) is 1. The standard InChI is InChI=1S/C31H24F2N8O3/c32-18-4-6-24(35-11-18)31(7-8-31)41-29-20(14-38-41)26(27(28(34)42)21(39-29)9-16-1-2-16)17-3-5-22-23(10-17)44-30(43)40(22)15-25-36-12-19(33)13-37-25/h3-6,10-14,16H,1-2,7-9,15H2,(H2,34,42). The first kappa shape index (κ1) is 26.3. The Morgan fingerprint density at radius 3 is 2.48 bits per heavy atom. The summed E-state index contributed by atoms with van der Waals surface area (Å²) in [4.78, 5) is 43.1. The second-order valence-corrected chi connectivity index (χ2v) is 11.5. The number of aromatic nitrogens is 7. The van der Waals surface area contributed by atoms with Gasteiger partial charge in [0.25, 0.3) is 5.91 Å². The number of nitrogens with two attached hydrogens (primary N) is 1. The molecule has 6 aromatic rings. The van der Waals surface area contributed by atoms with E-state index in [2.05, 4.69) is 15.0 Å². The highest BCUT2D eigenvalue weighted by Crippen LogP contribution is 2.50. The number of pyridine rings is 2. The highest BCUT2D eigenvalue weighted by atomic mass is 19.1. The van der Waals surface area contributed by atoms with Crippen molar-refractivity contribution in [2.75, 3.05) is 0 Å². The van der Waals surface area contributed by atoms with Gasteiger partial charge in [-0.15, -0.1) is 0 Å². The molecule has 8 rings (SSSR count). The molecule has 0 atom stereocenters. The number of nitrogens with zero attached hydrogens (tertiary/aromatic N) is 7. The van der Waals surface area contributed by atoms with Crippen molar-refractivity contribution in [3.8, 4) is 11.1 Å². The highest BCUT2D eigenvalue weighted by Gasteiger charge is 2.50. The van der Waals surface area contributed by atoms with E-state index in [1.165, 1.54) is 16.8 Å². The van der Waals surface area contributed by atoms with Gasteiger partial charge in [-0.2, -0.15) is 5.10 Å². The van der Waals surface area contributed by atoms with E-state index in [1.54, 1.807) is 30.5 Å². The zero-order chi connectivity index (χ0) is 30.2. The van der Waals surface area contributed by atoms with Crippen LogP contribution in [0.15, 0.2) is 64.3 Å². The van der Waals surface area contributed by atoms with E-state index >= 15 is 0 Å². The van der Waals surface area contributed by atoms with Gasteiger partial charge in [-0.3, -0.25) is 14.3 Å². The Bertz CT molecular complexity index is 2160. The molecule has 0 bridgehead atoms. The predicted octanol–water partition coefficient (Wildman–Crippen LogP) is 4.11. The van der Waals surface area contributed by atoms with Gasteiger partial charge in [0.2, 0.25) is 0 Å². The van der Waals surface area contributed by atoms with E-state index in [1.807, 2.05) is 4.68 Å². The van der Waals surface area contributed by atoms with Gasteiger partial charge in [0, 0.05) is 10.9 Å². The van der Waals surface area contributed by atoms with E-state index in [0.29, 0.717) is 57.0 Å². The molecule has 2 saturated carbocycles. The molecule has 44 heavy (non-hydrogen) atoms. The molecular weight excluding hydrogens is 570 g/mol. The molecule has 0 aliphatic heterocycles. The molecular formula is C31H24F2N8O3. The maximum absolute atomic E-state index is 13.7. The maximum atomic E-state index is 13.7. The fourth-order valence-electron chi connectivity index (χ4n) is 5.99. The third-order valence-corrected chi connectivity index (χ3v) is 8.48. The van der Waals surface area contributed by atoms with Gasteiger partial charge in [0.15, 0.2) is 17.0 Å². The molecule has 220 valence electrons. The zero-order valence-corrected chi connectivity index (χ0v) is 23.2. The van der Waals surface area contributed by atoms with Crippen LogP contribution in [0.4, 0.5) is 8.78 Å². The highest BCUT2D eigenvalue weighted by molar-refractivity contribution is 6.09. The lowest BCUT2D eigenvalue weighted by Crippen LogP contribution is -2.23. The molecule has 2 fully saturated rings. The molecule has 0 radical (unpaired) electrons. The van der Waals surface area contributed by atoms with Gasteiger partial charge >= 0.3 is 5.76 Å². The number of hydrogen-bond acceptors (Lipinski definition) is 8. The van der Waals surface area contributed by atoms with Crippen LogP contribution in [0, 0.1) is 17.6 Å². The van der Waals surface area contributed by atoms with Gasteiger partial charge in [-0.05, 0) is 67.9 Å². The fraction of sp³-hybridized carbons (Fsp3) is 0.258. The quantitative estimate of drug-likeness (QED) is 0.277. The van der Waals surface area contributed by atoms with Crippen LogP contribution in [-0.2, 0) is 18.5 Å². The van der Waals surface area contributed by atoms with Crippen LogP contribution in [0.5, 0.6) is 0 Å². The van der Waals surface area contributed by atoms with E-state index in [0.717, 1.165) is 38.1 Å². The minimum atomic E-state index is -0.634. The minimum Gasteiger partial charge on any atom is -0.408 e. The topological polar surface area (TPSA) is 148 Å². The summed E-state index contributed by atoms with van der Waals surface area (Å²) in [6, 6.07) is 8.23. The average molecular weight is 595 g/mol. The Hall–Kier alpha value is -5.33. The monoisotopic (exact) mass is 594 g/mol. The van der Waals surface area contributed by atoms with Crippen molar-refractivity contribution in [1.82, 2.24) is 34.3 Å². The van der Waals surface area contributed by atoms with Crippen LogP contribution >= 0.6 is 0 Å². The molecule has 1 aromatic carbocycles. The van der Waals surface area contributed by atoms with Crippen molar-refractivity contribution >= 4 is 28.0 Å². The first-order valence-electron chi connectivity index (χ1n) is 14.2. The Balaban J connectivity index is 1.31. The molecule has 2 N–H and O–H groups in total. The van der Waals surface area contributed by atoms with Crippen LogP contribution < -0.4 is 11.5 Å². The lowest BCUT2D eigenvalue weighted by atomic mass is 9.93. The summed E-state index contributed by atoms with van der Waals surface area (Å²) in [6.45, 7) is -0.0185. The van der Waals surface area contributed by atoms with Gasteiger partial charge in [-0.1, -0.05) is 6.07 Å². The molecule has 11 nitrogen and oxygen atoms in total. The molecule has 5 heterocycles. The smallest absolute Gasteiger partial charge is 0.408 e. The van der Waals surface area contributed by atoms with Gasteiger partial charge in [0.05, 0.1) is 53.8 Å². The number of amides is 1. The number of benzene rings is 1. The van der Waals surface area contributed by atoms with Crippen molar-refractivity contribution in [3.63, 3.8) is 0 Å². The second-order valence-electron chi connectivity index (χ2n) is 11.5. The van der Waals surface area contributed by atoms with E-state index in [9.17, 15) is 18.4 Å². The summed E-state index contributed by atoms with van der Waals surface area (Å²) in [6.07, 6.45) is 9.08. The number of oxazole rings is 1. The minimum absolute atomic E-state index is 0.0185. The van der Waals surface area contributed by atoms with Crippen LogP contribution in [0.3, 0.4) is 0 Å². The third kappa shape index (κ3) is 4.26. The molecule has 0 spiro atoms. The number of primary amides is 1. The molecule has 0 saturated heterocycles. The zero-order valence-electron chi connectivity index (χ0n) is 23.2. The third-order valence-electron chi connectivity index (χ3n) is 8.48. The number of halogens is 2. The van der Waals surface area contributed by atoms with Crippen molar-refractivity contribution in [2.24, 2.45) is 11.7 Å². The predicted molar refractivity (Wildman–Crippen MR) is 154 cm³/mol. The van der Waals surface area contributed by atoms with Crippen LogP contribution in [0.1, 0.15) is 53.3 Å². The fourth-order valence-corrected chi connectivity index (χ4v) is 5.99. The SMILES string of the molecule is NC(=O)c1c(CC2CC2)nc2c(cnn2C2(c3ccc(F)cn3)CC2)c1-c1ccc2c(c1)oc(=O)n2Cc1ncc(F)cn1. The van der Waals surface area contributed by atoms with Gasteiger partial charge < -0.3 is 10.2 Å². The van der Waals surface area contributed by atoms with Gasteiger partial charge in [-0.25, -0.2) is 33.2 Å². The molecule has 5 aromatic heterocycles. The molecule has 0 unspecified atom stereocenters. The molecule has 2 aliphatic carbocycles. The van der Waals surface area contributed by atoms with E-state index in [-0.39, 0.29) is 18.0 Å². The van der Waals surface area contributed by atoms with Crippen molar-refractivity contribution in [2.45, 2.75) is 44.2 Å². The van der Waals surface area contributed by atoms with Crippen LogP contribution in [0.25, 0.3) is 33.3 Å². The van der Waals surface area contributed by atoms with Crippen molar-refractivity contribution in [1.29, 1.82) is 0 Å². The lowest BCUT2D eigenvalue weighted by Gasteiger charge is -2.18. The second kappa shape index (κ2) is 9.59. The Morgan fingerprint density at radius 2 is 1.80 bits per heavy atom. The normalized spacial score (nSPS) is 15.7. The number of fused-ring (bicyclic) bond motifs is 2. The largest absolute Gasteiger partial charge is 0.420 e. The van der Waals surface area contributed by atoms with E-state index < -0.39 is 28.8 Å². The number of carbonyl (C=O) groups is 1. The Labute approximate surface area is 247 Å². The van der Waals surface area contributed by atoms with Crippen LogP contribution in [0.2, 0.25) is 0 Å².